The van der Waals surface area contributed by atoms with Crippen LogP contribution >= 0.6 is 23.2 Å². The second kappa shape index (κ2) is 10.7. The van der Waals surface area contributed by atoms with E-state index in [-0.39, 0.29) is 23.5 Å². The molecule has 0 aliphatic heterocycles. The molecule has 0 bridgehead atoms. The molecule has 0 saturated carbocycles. The summed E-state index contributed by atoms with van der Waals surface area (Å²) in [6, 6.07) is 7.37. The zero-order valence-corrected chi connectivity index (χ0v) is 18.8. The maximum atomic E-state index is 12.8. The second-order valence-electron chi connectivity index (χ2n) is 6.35. The van der Waals surface area contributed by atoms with Crippen LogP contribution in [0.1, 0.15) is 39.1 Å². The molecule has 0 atom stereocenters. The van der Waals surface area contributed by atoms with Crippen LogP contribution in [0.3, 0.4) is 0 Å². The SMILES string of the molecule is CC.CC(C)Oc1ccc(-n2cc(CNc3cc(Cl)nc(C(F)(F)F)c3)nn2)cc1Cl. The van der Waals surface area contributed by atoms with E-state index in [1.165, 1.54) is 10.7 Å². The molecule has 6 nitrogen and oxygen atoms in total. The Morgan fingerprint density at radius 3 is 2.45 bits per heavy atom. The van der Waals surface area contributed by atoms with Crippen molar-refractivity contribution in [1.82, 2.24) is 20.0 Å². The molecule has 0 unspecified atom stereocenters. The highest BCUT2D eigenvalue weighted by Crippen LogP contribution is 2.31. The third-order valence-corrected chi connectivity index (χ3v) is 4.13. The van der Waals surface area contributed by atoms with Gasteiger partial charge in [-0.15, -0.1) is 5.10 Å². The topological polar surface area (TPSA) is 64.9 Å². The molecule has 0 radical (unpaired) electrons. The first kappa shape index (κ1) is 24.7. The fourth-order valence-corrected chi connectivity index (χ4v) is 2.85. The van der Waals surface area contributed by atoms with E-state index < -0.39 is 11.9 Å². The van der Waals surface area contributed by atoms with Gasteiger partial charge in [0.15, 0.2) is 0 Å². The standard InChI is InChI=1S/C18H16Cl2F3N5O.C2H6/c1-10(2)29-15-4-3-13(7-14(15)19)28-9-12(26-27-28)8-24-11-5-16(18(21,22)23)25-17(20)6-11;1-2/h3-7,9-10H,8H2,1-2H3,(H,24,25);1-2H3. The number of halogens is 5. The molecule has 0 aliphatic rings. The van der Waals surface area contributed by atoms with E-state index in [9.17, 15) is 13.2 Å². The summed E-state index contributed by atoms with van der Waals surface area (Å²) < 4.78 is 45.6. The highest BCUT2D eigenvalue weighted by Gasteiger charge is 2.33. The van der Waals surface area contributed by atoms with Crippen LogP contribution in [-0.2, 0) is 12.7 Å². The molecule has 3 rings (SSSR count). The summed E-state index contributed by atoms with van der Waals surface area (Å²) in [6.45, 7) is 7.93. The predicted octanol–water partition coefficient (Wildman–Crippen LogP) is 6.41. The molecule has 11 heteroatoms. The average Bonchev–Trinajstić information content (AvgIpc) is 3.17. The fraction of sp³-hybridized carbons (Fsp3) is 0.350. The van der Waals surface area contributed by atoms with E-state index in [0.29, 0.717) is 22.2 Å². The van der Waals surface area contributed by atoms with Crippen molar-refractivity contribution in [2.45, 2.75) is 46.5 Å². The Morgan fingerprint density at radius 2 is 1.84 bits per heavy atom. The van der Waals surface area contributed by atoms with Crippen LogP contribution in [0.25, 0.3) is 5.69 Å². The van der Waals surface area contributed by atoms with Gasteiger partial charge >= 0.3 is 6.18 Å². The van der Waals surface area contributed by atoms with Gasteiger partial charge in [-0.2, -0.15) is 13.2 Å². The maximum absolute atomic E-state index is 12.8. The van der Waals surface area contributed by atoms with Gasteiger partial charge < -0.3 is 10.1 Å². The first-order valence-electron chi connectivity index (χ1n) is 9.48. The molecule has 0 aliphatic carbocycles. The van der Waals surface area contributed by atoms with Crippen LogP contribution in [0.4, 0.5) is 18.9 Å². The Kier molecular flexibility index (Phi) is 8.52. The molecule has 2 heterocycles. The van der Waals surface area contributed by atoms with E-state index in [1.807, 2.05) is 27.7 Å². The first-order chi connectivity index (χ1) is 14.6. The molecule has 0 saturated heterocycles. The van der Waals surface area contributed by atoms with Crippen LogP contribution < -0.4 is 10.1 Å². The summed E-state index contributed by atoms with van der Waals surface area (Å²) in [4.78, 5) is 3.28. The lowest BCUT2D eigenvalue weighted by Gasteiger charge is -2.12. The normalized spacial score (nSPS) is 11.2. The number of ether oxygens (including phenoxy) is 1. The van der Waals surface area contributed by atoms with Crippen LogP contribution in [0.15, 0.2) is 36.5 Å². The minimum absolute atomic E-state index is 0.0121. The second-order valence-corrected chi connectivity index (χ2v) is 7.15. The molecule has 0 amide bonds. The van der Waals surface area contributed by atoms with Crippen molar-refractivity contribution in [3.05, 3.63) is 58.1 Å². The minimum Gasteiger partial charge on any atom is -0.489 e. The van der Waals surface area contributed by atoms with Gasteiger partial charge in [0, 0.05) is 5.69 Å². The van der Waals surface area contributed by atoms with Crippen molar-refractivity contribution >= 4 is 28.9 Å². The van der Waals surface area contributed by atoms with Crippen molar-refractivity contribution in [2.24, 2.45) is 0 Å². The summed E-state index contributed by atoms with van der Waals surface area (Å²) in [7, 11) is 0. The Bertz CT molecular complexity index is 1010. The average molecular weight is 476 g/mol. The smallest absolute Gasteiger partial charge is 0.433 e. The zero-order chi connectivity index (χ0) is 23.2. The van der Waals surface area contributed by atoms with Crippen LogP contribution in [-0.4, -0.2) is 26.1 Å². The summed E-state index contributed by atoms with van der Waals surface area (Å²) in [5, 5.41) is 11.0. The van der Waals surface area contributed by atoms with Crippen LogP contribution in [0.5, 0.6) is 5.75 Å². The summed E-state index contributed by atoms with van der Waals surface area (Å²) in [5.41, 5.74) is 0.265. The number of aromatic nitrogens is 4. The number of alkyl halides is 3. The number of nitrogens with one attached hydrogen (secondary N) is 1. The van der Waals surface area contributed by atoms with Gasteiger partial charge in [-0.25, -0.2) is 9.67 Å². The maximum Gasteiger partial charge on any atom is 0.433 e. The number of anilines is 1. The molecule has 2 aromatic heterocycles. The van der Waals surface area contributed by atoms with Crippen molar-refractivity contribution < 1.29 is 17.9 Å². The lowest BCUT2D eigenvalue weighted by atomic mass is 10.3. The van der Waals surface area contributed by atoms with Gasteiger partial charge in [0.05, 0.1) is 29.6 Å². The van der Waals surface area contributed by atoms with Gasteiger partial charge in [0.1, 0.15) is 22.3 Å². The van der Waals surface area contributed by atoms with Crippen molar-refractivity contribution in [2.75, 3.05) is 5.32 Å². The quantitative estimate of drug-likeness (QED) is 0.417. The van der Waals surface area contributed by atoms with Gasteiger partial charge in [0.2, 0.25) is 0 Å². The lowest BCUT2D eigenvalue weighted by molar-refractivity contribution is -0.141. The number of pyridine rings is 1. The van der Waals surface area contributed by atoms with Crippen LogP contribution in [0, 0.1) is 0 Å². The summed E-state index contributed by atoms with van der Waals surface area (Å²) >= 11 is 11.9. The van der Waals surface area contributed by atoms with Crippen molar-refractivity contribution in [3.63, 3.8) is 0 Å². The molecule has 31 heavy (non-hydrogen) atoms. The van der Waals surface area contributed by atoms with Gasteiger partial charge in [-0.3, -0.25) is 0 Å². The highest BCUT2D eigenvalue weighted by molar-refractivity contribution is 6.32. The van der Waals surface area contributed by atoms with Crippen molar-refractivity contribution in [3.8, 4) is 11.4 Å². The van der Waals surface area contributed by atoms with E-state index >= 15 is 0 Å². The largest absolute Gasteiger partial charge is 0.489 e. The van der Waals surface area contributed by atoms with Gasteiger partial charge in [-0.1, -0.05) is 42.3 Å². The molecule has 1 aromatic carbocycles. The van der Waals surface area contributed by atoms with Gasteiger partial charge in [0.25, 0.3) is 0 Å². The minimum atomic E-state index is -4.59. The fourth-order valence-electron chi connectivity index (χ4n) is 2.42. The number of benzene rings is 1. The van der Waals surface area contributed by atoms with E-state index in [2.05, 4.69) is 20.6 Å². The molecule has 1 N–H and O–H groups in total. The Labute approximate surface area is 188 Å². The third kappa shape index (κ3) is 7.00. The van der Waals surface area contributed by atoms with E-state index in [1.54, 1.807) is 24.4 Å². The third-order valence-electron chi connectivity index (χ3n) is 3.64. The zero-order valence-electron chi connectivity index (χ0n) is 17.3. The van der Waals surface area contributed by atoms with E-state index in [0.717, 1.165) is 6.07 Å². The first-order valence-corrected chi connectivity index (χ1v) is 10.2. The summed E-state index contributed by atoms with van der Waals surface area (Å²) in [5.74, 6) is 0.558. The highest BCUT2D eigenvalue weighted by atomic mass is 35.5. The summed E-state index contributed by atoms with van der Waals surface area (Å²) in [6.07, 6.45) is -2.97. The molecular weight excluding hydrogens is 454 g/mol. The lowest BCUT2D eigenvalue weighted by Crippen LogP contribution is -2.09. The molecule has 0 fully saturated rings. The molecule has 3 aromatic rings. The molecular formula is C20H22Cl2F3N5O. The Balaban J connectivity index is 0.00000166. The molecule has 0 spiro atoms. The van der Waals surface area contributed by atoms with Gasteiger partial charge in [-0.05, 0) is 44.2 Å². The molecule has 168 valence electrons. The predicted molar refractivity (Wildman–Crippen MR) is 115 cm³/mol. The van der Waals surface area contributed by atoms with E-state index in [4.69, 9.17) is 27.9 Å². The number of hydrogen-bond acceptors (Lipinski definition) is 5. The van der Waals surface area contributed by atoms with Crippen molar-refractivity contribution in [1.29, 1.82) is 0 Å². The Hall–Kier alpha value is -2.52. The number of nitrogens with zero attached hydrogens (tertiary/aromatic N) is 4. The number of hydrogen-bond donors (Lipinski definition) is 1. The monoisotopic (exact) mass is 475 g/mol. The number of rotatable bonds is 6. The Morgan fingerprint density at radius 1 is 1.13 bits per heavy atom. The van der Waals surface area contributed by atoms with Crippen LogP contribution in [0.2, 0.25) is 10.2 Å².